The normalized spacial score (nSPS) is 11.0. The number of ketones is 1. The molecular formula is C27H34N2O2. The van der Waals surface area contributed by atoms with Gasteiger partial charge in [0.15, 0.2) is 5.78 Å². The lowest BCUT2D eigenvalue weighted by molar-refractivity contribution is 0.0978. The van der Waals surface area contributed by atoms with Crippen LogP contribution in [0.3, 0.4) is 0 Å². The molecule has 0 radical (unpaired) electrons. The van der Waals surface area contributed by atoms with E-state index in [0.29, 0.717) is 12.1 Å². The maximum atomic E-state index is 13.2. The summed E-state index contributed by atoms with van der Waals surface area (Å²) >= 11 is 0. The largest absolute Gasteiger partial charge is 0.294 e. The Morgan fingerprint density at radius 2 is 1.32 bits per heavy atom. The van der Waals surface area contributed by atoms with Crippen molar-refractivity contribution >= 4 is 5.78 Å². The van der Waals surface area contributed by atoms with Crippen molar-refractivity contribution in [1.82, 2.24) is 9.78 Å². The molecule has 0 aliphatic carbocycles. The Morgan fingerprint density at radius 3 is 1.94 bits per heavy atom. The van der Waals surface area contributed by atoms with Gasteiger partial charge < -0.3 is 0 Å². The van der Waals surface area contributed by atoms with Crippen molar-refractivity contribution in [3.63, 3.8) is 0 Å². The molecule has 2 aromatic carbocycles. The quantitative estimate of drug-likeness (QED) is 0.241. The van der Waals surface area contributed by atoms with Gasteiger partial charge >= 0.3 is 0 Å². The number of unbranched alkanes of at least 4 members (excludes halogenated alkanes) is 8. The minimum Gasteiger partial charge on any atom is -0.294 e. The third-order valence-corrected chi connectivity index (χ3v) is 5.75. The molecule has 4 nitrogen and oxygen atoms in total. The summed E-state index contributed by atoms with van der Waals surface area (Å²) < 4.78 is 1.48. The van der Waals surface area contributed by atoms with Crippen molar-refractivity contribution in [1.29, 1.82) is 0 Å². The van der Waals surface area contributed by atoms with E-state index in [1.54, 1.807) is 0 Å². The lowest BCUT2D eigenvalue weighted by Gasteiger charge is -2.03. The highest BCUT2D eigenvalue weighted by Gasteiger charge is 2.22. The highest BCUT2D eigenvalue weighted by atomic mass is 16.2. The molecule has 1 aromatic heterocycles. The Hall–Kier alpha value is -2.88. The smallest absolute Gasteiger partial charge is 0.282 e. The summed E-state index contributed by atoms with van der Waals surface area (Å²) in [7, 11) is 0. The fraction of sp³-hybridized carbons (Fsp3) is 0.407. The number of hydrogen-bond acceptors (Lipinski definition) is 2. The number of hydrogen-bond donors (Lipinski definition) is 1. The van der Waals surface area contributed by atoms with Crippen LogP contribution in [0.1, 0.15) is 81.5 Å². The SMILES string of the molecule is CCCCCCCCCCCC(=O)c1c(-c2ccccc2)[nH]n(-c2ccccc2)c1=O. The van der Waals surface area contributed by atoms with Gasteiger partial charge in [-0.2, -0.15) is 0 Å². The average molecular weight is 419 g/mol. The number of carbonyl (C=O) groups is 1. The van der Waals surface area contributed by atoms with Crippen molar-refractivity contribution in [2.45, 2.75) is 71.1 Å². The molecule has 0 bridgehead atoms. The Morgan fingerprint density at radius 1 is 0.774 bits per heavy atom. The molecule has 164 valence electrons. The number of aromatic amines is 1. The van der Waals surface area contributed by atoms with Crippen LogP contribution in [0, 0.1) is 0 Å². The van der Waals surface area contributed by atoms with Crippen LogP contribution in [0.5, 0.6) is 0 Å². The van der Waals surface area contributed by atoms with E-state index in [1.165, 1.54) is 43.2 Å². The van der Waals surface area contributed by atoms with E-state index in [-0.39, 0.29) is 16.9 Å². The molecule has 0 fully saturated rings. The van der Waals surface area contributed by atoms with Gasteiger partial charge in [-0.15, -0.1) is 0 Å². The molecule has 0 atom stereocenters. The Bertz CT molecular complexity index is 987. The first-order valence-electron chi connectivity index (χ1n) is 11.7. The highest BCUT2D eigenvalue weighted by Crippen LogP contribution is 2.22. The molecule has 0 saturated heterocycles. The van der Waals surface area contributed by atoms with Gasteiger partial charge in [0.1, 0.15) is 5.56 Å². The van der Waals surface area contributed by atoms with Crippen molar-refractivity contribution in [2.75, 3.05) is 0 Å². The third kappa shape index (κ3) is 6.30. The number of Topliss-reactive ketones (excluding diaryl/α,β-unsaturated/α-hetero) is 1. The minimum absolute atomic E-state index is 0.0715. The molecule has 0 saturated carbocycles. The number of nitrogens with one attached hydrogen (secondary N) is 1. The van der Waals surface area contributed by atoms with Crippen LogP contribution in [-0.4, -0.2) is 15.6 Å². The Kier molecular flexibility index (Phi) is 8.89. The summed E-state index contributed by atoms with van der Waals surface area (Å²) in [6.45, 7) is 2.24. The Balaban J connectivity index is 1.67. The molecule has 0 aliphatic heterocycles. The zero-order chi connectivity index (χ0) is 21.9. The molecule has 4 heteroatoms. The second kappa shape index (κ2) is 12.1. The van der Waals surface area contributed by atoms with Gasteiger partial charge in [0.2, 0.25) is 0 Å². The van der Waals surface area contributed by atoms with E-state index in [0.717, 1.165) is 30.5 Å². The summed E-state index contributed by atoms with van der Waals surface area (Å²) in [4.78, 5) is 26.3. The first-order valence-corrected chi connectivity index (χ1v) is 11.7. The first kappa shape index (κ1) is 22.8. The summed E-state index contributed by atoms with van der Waals surface area (Å²) in [5.74, 6) is -0.0715. The number of nitrogens with zero attached hydrogens (tertiary/aromatic N) is 1. The van der Waals surface area contributed by atoms with Crippen LogP contribution in [0.15, 0.2) is 65.5 Å². The maximum Gasteiger partial charge on any atom is 0.282 e. The fourth-order valence-corrected chi connectivity index (χ4v) is 3.99. The number of rotatable bonds is 13. The van der Waals surface area contributed by atoms with E-state index in [9.17, 15) is 9.59 Å². The van der Waals surface area contributed by atoms with Gasteiger partial charge in [-0.25, -0.2) is 4.68 Å². The number of aromatic nitrogens is 2. The molecule has 31 heavy (non-hydrogen) atoms. The summed E-state index contributed by atoms with van der Waals surface area (Å²) in [6, 6.07) is 19.0. The lowest BCUT2D eigenvalue weighted by atomic mass is 10.0. The number of H-pyrrole nitrogens is 1. The molecule has 0 unspecified atom stereocenters. The molecule has 0 spiro atoms. The van der Waals surface area contributed by atoms with Crippen LogP contribution in [0.25, 0.3) is 16.9 Å². The molecule has 3 rings (SSSR count). The van der Waals surface area contributed by atoms with Crippen molar-refractivity contribution in [2.24, 2.45) is 0 Å². The lowest BCUT2D eigenvalue weighted by Crippen LogP contribution is -2.20. The molecular weight excluding hydrogens is 384 g/mol. The minimum atomic E-state index is -0.272. The molecule has 0 amide bonds. The van der Waals surface area contributed by atoms with E-state index in [4.69, 9.17) is 0 Å². The van der Waals surface area contributed by atoms with Gasteiger partial charge in [0.05, 0.1) is 11.4 Å². The van der Waals surface area contributed by atoms with Crippen molar-refractivity contribution < 1.29 is 4.79 Å². The molecule has 1 N–H and O–H groups in total. The number of para-hydroxylation sites is 1. The van der Waals surface area contributed by atoms with Gasteiger partial charge in [-0.3, -0.25) is 14.7 Å². The van der Waals surface area contributed by atoms with E-state index >= 15 is 0 Å². The number of carbonyl (C=O) groups excluding carboxylic acids is 1. The predicted molar refractivity (Wildman–Crippen MR) is 128 cm³/mol. The topological polar surface area (TPSA) is 54.9 Å². The van der Waals surface area contributed by atoms with Gasteiger partial charge in [-0.1, -0.05) is 107 Å². The van der Waals surface area contributed by atoms with Crippen LogP contribution >= 0.6 is 0 Å². The second-order valence-corrected chi connectivity index (χ2v) is 8.21. The number of benzene rings is 2. The summed E-state index contributed by atoms with van der Waals surface area (Å²) in [5.41, 5.74) is 2.19. The average Bonchev–Trinajstić information content (AvgIpc) is 3.16. The zero-order valence-electron chi connectivity index (χ0n) is 18.6. The van der Waals surface area contributed by atoms with Crippen molar-refractivity contribution in [3.05, 3.63) is 76.6 Å². The van der Waals surface area contributed by atoms with Crippen LogP contribution in [-0.2, 0) is 0 Å². The summed E-state index contributed by atoms with van der Waals surface area (Å²) in [5, 5.41) is 3.18. The van der Waals surface area contributed by atoms with Gasteiger partial charge in [-0.05, 0) is 18.6 Å². The van der Waals surface area contributed by atoms with Gasteiger partial charge in [0.25, 0.3) is 5.56 Å². The molecule has 3 aromatic rings. The highest BCUT2D eigenvalue weighted by molar-refractivity contribution is 6.01. The van der Waals surface area contributed by atoms with E-state index in [2.05, 4.69) is 12.0 Å². The molecule has 1 heterocycles. The van der Waals surface area contributed by atoms with Crippen molar-refractivity contribution in [3.8, 4) is 16.9 Å². The Labute approximate surface area is 185 Å². The van der Waals surface area contributed by atoms with Crippen LogP contribution < -0.4 is 5.56 Å². The van der Waals surface area contributed by atoms with Gasteiger partial charge in [0, 0.05) is 12.0 Å². The van der Waals surface area contributed by atoms with E-state index < -0.39 is 0 Å². The third-order valence-electron chi connectivity index (χ3n) is 5.75. The summed E-state index contributed by atoms with van der Waals surface area (Å²) in [6.07, 6.45) is 11.2. The standard InChI is InChI=1S/C27H34N2O2/c1-2-3-4-5-6-7-8-9-16-21-24(30)25-26(22-17-12-10-13-18-22)28-29(27(25)31)23-19-14-11-15-20-23/h10-15,17-20,28H,2-9,16,21H2,1H3. The molecule has 0 aliphatic rings. The first-order chi connectivity index (χ1) is 15.2. The second-order valence-electron chi connectivity index (χ2n) is 8.21. The zero-order valence-corrected chi connectivity index (χ0v) is 18.6. The van der Waals surface area contributed by atoms with E-state index in [1.807, 2.05) is 60.7 Å². The predicted octanol–water partition coefficient (Wildman–Crippen LogP) is 6.94. The maximum absolute atomic E-state index is 13.2. The fourth-order valence-electron chi connectivity index (χ4n) is 3.99. The van der Waals surface area contributed by atoms with Crippen LogP contribution in [0.2, 0.25) is 0 Å². The van der Waals surface area contributed by atoms with Crippen LogP contribution in [0.4, 0.5) is 0 Å². The monoisotopic (exact) mass is 418 g/mol.